The Kier molecular flexibility index (Phi) is 5.26. The summed E-state index contributed by atoms with van der Waals surface area (Å²) in [6.07, 6.45) is 5.01. The lowest BCUT2D eigenvalue weighted by Crippen LogP contribution is -2.19. The molecule has 0 saturated heterocycles. The van der Waals surface area contributed by atoms with Gasteiger partial charge in [-0.25, -0.2) is 4.98 Å². The number of rotatable bonds is 6. The molecule has 0 unspecified atom stereocenters. The lowest BCUT2D eigenvalue weighted by molar-refractivity contribution is 0.199. The van der Waals surface area contributed by atoms with E-state index in [-0.39, 0.29) is 0 Å². The number of pyridine rings is 1. The summed E-state index contributed by atoms with van der Waals surface area (Å²) in [5.74, 6) is 0.973. The van der Waals surface area contributed by atoms with Crippen LogP contribution < -0.4 is 4.90 Å². The monoisotopic (exact) mass is 222 g/mol. The van der Waals surface area contributed by atoms with E-state index in [0.717, 1.165) is 17.9 Å². The van der Waals surface area contributed by atoms with E-state index in [1.165, 1.54) is 19.3 Å². The van der Waals surface area contributed by atoms with Crippen molar-refractivity contribution in [3.63, 3.8) is 0 Å². The molecular formula is C13H22N2O. The van der Waals surface area contributed by atoms with Crippen LogP contribution in [-0.2, 0) is 0 Å². The Bertz CT molecular complexity index is 295. The third-order valence-corrected chi connectivity index (χ3v) is 2.74. The Morgan fingerprint density at radius 1 is 1.38 bits per heavy atom. The molecule has 90 valence electrons. The number of anilines is 1. The molecule has 16 heavy (non-hydrogen) atoms. The molecule has 0 aliphatic carbocycles. The van der Waals surface area contributed by atoms with E-state index in [1.54, 1.807) is 13.1 Å². The summed E-state index contributed by atoms with van der Waals surface area (Å²) >= 11 is 0. The van der Waals surface area contributed by atoms with Gasteiger partial charge in [-0.2, -0.15) is 0 Å². The van der Waals surface area contributed by atoms with Gasteiger partial charge < -0.3 is 10.0 Å². The van der Waals surface area contributed by atoms with Gasteiger partial charge in [0.1, 0.15) is 5.82 Å². The number of hydrogen-bond acceptors (Lipinski definition) is 3. The van der Waals surface area contributed by atoms with Gasteiger partial charge in [0.05, 0.1) is 6.10 Å². The molecule has 0 saturated carbocycles. The normalized spacial score (nSPS) is 12.5. The van der Waals surface area contributed by atoms with Crippen molar-refractivity contribution >= 4 is 5.82 Å². The number of unbranched alkanes of at least 4 members (excludes halogenated alkanes) is 2. The topological polar surface area (TPSA) is 36.4 Å². The predicted molar refractivity (Wildman–Crippen MR) is 67.7 cm³/mol. The lowest BCUT2D eigenvalue weighted by atomic mass is 10.2. The molecule has 0 aliphatic heterocycles. The summed E-state index contributed by atoms with van der Waals surface area (Å²) in [6.45, 7) is 4.99. The zero-order valence-electron chi connectivity index (χ0n) is 10.5. The number of hydrogen-bond donors (Lipinski definition) is 1. The Balaban J connectivity index is 2.52. The van der Waals surface area contributed by atoms with E-state index >= 15 is 0 Å². The van der Waals surface area contributed by atoms with Crippen molar-refractivity contribution in [1.82, 2.24) is 4.98 Å². The average Bonchev–Trinajstić information content (AvgIpc) is 2.29. The smallest absolute Gasteiger partial charge is 0.128 e. The van der Waals surface area contributed by atoms with Crippen molar-refractivity contribution in [1.29, 1.82) is 0 Å². The summed E-state index contributed by atoms with van der Waals surface area (Å²) in [7, 11) is 2.06. The molecule has 0 amide bonds. The highest BCUT2D eigenvalue weighted by molar-refractivity contribution is 5.38. The Morgan fingerprint density at radius 3 is 2.62 bits per heavy atom. The van der Waals surface area contributed by atoms with Crippen molar-refractivity contribution in [3.05, 3.63) is 23.9 Å². The van der Waals surface area contributed by atoms with Crippen molar-refractivity contribution in [2.75, 3.05) is 18.5 Å². The van der Waals surface area contributed by atoms with Crippen LogP contribution in [0.25, 0.3) is 0 Å². The van der Waals surface area contributed by atoms with E-state index in [4.69, 9.17) is 0 Å². The second kappa shape index (κ2) is 6.48. The summed E-state index contributed by atoms with van der Waals surface area (Å²) in [6, 6.07) is 3.90. The van der Waals surface area contributed by atoms with E-state index in [9.17, 15) is 5.11 Å². The highest BCUT2D eigenvalue weighted by Crippen LogP contribution is 2.15. The molecule has 0 bridgehead atoms. The van der Waals surface area contributed by atoms with Crippen LogP contribution in [0.5, 0.6) is 0 Å². The van der Waals surface area contributed by atoms with Crippen LogP contribution in [0.15, 0.2) is 18.3 Å². The first-order valence-electron chi connectivity index (χ1n) is 6.00. The zero-order valence-corrected chi connectivity index (χ0v) is 10.5. The molecule has 3 heteroatoms. The van der Waals surface area contributed by atoms with Crippen LogP contribution >= 0.6 is 0 Å². The second-order valence-corrected chi connectivity index (χ2v) is 4.25. The van der Waals surface area contributed by atoms with Gasteiger partial charge in [-0.15, -0.1) is 0 Å². The van der Waals surface area contributed by atoms with Crippen LogP contribution in [0, 0.1) is 0 Å². The fourth-order valence-corrected chi connectivity index (χ4v) is 1.58. The summed E-state index contributed by atoms with van der Waals surface area (Å²) in [5, 5.41) is 9.37. The SMILES string of the molecule is CCCCCN(C)c1ccc([C@@H](C)O)cn1. The quantitative estimate of drug-likeness (QED) is 0.752. The number of aliphatic hydroxyl groups excluding tert-OH is 1. The first kappa shape index (κ1) is 13.0. The number of aromatic nitrogens is 1. The number of aliphatic hydroxyl groups is 1. The van der Waals surface area contributed by atoms with Gasteiger partial charge in [0.2, 0.25) is 0 Å². The van der Waals surface area contributed by atoms with Crippen LogP contribution in [-0.4, -0.2) is 23.7 Å². The minimum Gasteiger partial charge on any atom is -0.389 e. The van der Waals surface area contributed by atoms with Gasteiger partial charge in [0.25, 0.3) is 0 Å². The van der Waals surface area contributed by atoms with Crippen LogP contribution in [0.3, 0.4) is 0 Å². The molecule has 0 spiro atoms. The fraction of sp³-hybridized carbons (Fsp3) is 0.615. The molecule has 0 radical (unpaired) electrons. The molecule has 1 rings (SSSR count). The van der Waals surface area contributed by atoms with Gasteiger partial charge in [-0.1, -0.05) is 25.8 Å². The molecule has 0 fully saturated rings. The summed E-state index contributed by atoms with van der Waals surface area (Å²) < 4.78 is 0. The maximum Gasteiger partial charge on any atom is 0.128 e. The molecule has 0 aromatic carbocycles. The molecular weight excluding hydrogens is 200 g/mol. The van der Waals surface area contributed by atoms with Crippen LogP contribution in [0.2, 0.25) is 0 Å². The maximum absolute atomic E-state index is 9.37. The van der Waals surface area contributed by atoms with E-state index < -0.39 is 6.10 Å². The maximum atomic E-state index is 9.37. The molecule has 3 nitrogen and oxygen atoms in total. The van der Waals surface area contributed by atoms with Gasteiger partial charge in [0.15, 0.2) is 0 Å². The highest BCUT2D eigenvalue weighted by atomic mass is 16.3. The van der Waals surface area contributed by atoms with Crippen molar-refractivity contribution in [2.45, 2.75) is 39.2 Å². The first-order chi connectivity index (χ1) is 7.65. The minimum absolute atomic E-state index is 0.438. The first-order valence-corrected chi connectivity index (χ1v) is 6.00. The van der Waals surface area contributed by atoms with Crippen molar-refractivity contribution in [3.8, 4) is 0 Å². The predicted octanol–water partition coefficient (Wildman–Crippen LogP) is 2.76. The standard InChI is InChI=1S/C13H22N2O/c1-4-5-6-9-15(3)13-8-7-12(10-14-13)11(2)16/h7-8,10-11,16H,4-6,9H2,1-3H3/t11-/m1/s1. The molecule has 1 aromatic rings. The van der Waals surface area contributed by atoms with Gasteiger partial charge in [-0.05, 0) is 25.0 Å². The minimum atomic E-state index is -0.438. The Labute approximate surface area is 98.1 Å². The number of nitrogens with zero attached hydrogens (tertiary/aromatic N) is 2. The summed E-state index contributed by atoms with van der Waals surface area (Å²) in [4.78, 5) is 6.50. The van der Waals surface area contributed by atoms with Gasteiger partial charge in [0, 0.05) is 19.8 Å². The zero-order chi connectivity index (χ0) is 12.0. The van der Waals surface area contributed by atoms with Crippen LogP contribution in [0.4, 0.5) is 5.82 Å². The molecule has 1 N–H and O–H groups in total. The highest BCUT2D eigenvalue weighted by Gasteiger charge is 2.04. The third kappa shape index (κ3) is 3.81. The largest absolute Gasteiger partial charge is 0.389 e. The molecule has 0 aliphatic rings. The van der Waals surface area contributed by atoms with Gasteiger partial charge in [-0.3, -0.25) is 0 Å². The van der Waals surface area contributed by atoms with E-state index in [1.807, 2.05) is 12.1 Å². The lowest BCUT2D eigenvalue weighted by Gasteiger charge is -2.18. The van der Waals surface area contributed by atoms with Crippen LogP contribution in [0.1, 0.15) is 44.8 Å². The molecule has 1 aromatic heterocycles. The fourth-order valence-electron chi connectivity index (χ4n) is 1.58. The summed E-state index contributed by atoms with van der Waals surface area (Å²) in [5.41, 5.74) is 0.866. The Morgan fingerprint density at radius 2 is 2.12 bits per heavy atom. The van der Waals surface area contributed by atoms with Crippen molar-refractivity contribution < 1.29 is 5.11 Å². The molecule has 1 atom stereocenters. The second-order valence-electron chi connectivity index (χ2n) is 4.25. The third-order valence-electron chi connectivity index (χ3n) is 2.74. The molecule has 1 heterocycles. The average molecular weight is 222 g/mol. The van der Waals surface area contributed by atoms with E-state index in [2.05, 4.69) is 23.9 Å². The van der Waals surface area contributed by atoms with Crippen molar-refractivity contribution in [2.24, 2.45) is 0 Å². The van der Waals surface area contributed by atoms with Gasteiger partial charge >= 0.3 is 0 Å². The van der Waals surface area contributed by atoms with E-state index in [0.29, 0.717) is 0 Å². The Hall–Kier alpha value is -1.09.